The molecule has 0 spiro atoms. The van der Waals surface area contributed by atoms with Crippen LogP contribution in [0.5, 0.6) is 0 Å². The number of ether oxygens (including phenoxy) is 1. The third-order valence-electron chi connectivity index (χ3n) is 4.52. The van der Waals surface area contributed by atoms with Crippen molar-refractivity contribution in [2.75, 3.05) is 23.7 Å². The second-order valence-electron chi connectivity index (χ2n) is 8.18. The molecule has 0 radical (unpaired) electrons. The molecule has 0 bridgehead atoms. The van der Waals surface area contributed by atoms with Crippen LogP contribution in [-0.2, 0) is 11.3 Å². The number of likely N-dealkylation sites (tertiary alicyclic amines) is 1. The number of rotatable bonds is 5. The van der Waals surface area contributed by atoms with Crippen LogP contribution in [0.15, 0.2) is 30.5 Å². The first kappa shape index (κ1) is 21.2. The number of anilines is 2. The van der Waals surface area contributed by atoms with Crippen molar-refractivity contribution in [2.45, 2.75) is 45.9 Å². The van der Waals surface area contributed by atoms with Gasteiger partial charge in [-0.1, -0.05) is 23.7 Å². The van der Waals surface area contributed by atoms with E-state index in [1.165, 1.54) is 6.07 Å². The number of pyridine rings is 1. The predicted molar refractivity (Wildman–Crippen MR) is 113 cm³/mol. The van der Waals surface area contributed by atoms with E-state index in [1.807, 2.05) is 33.8 Å². The van der Waals surface area contributed by atoms with Crippen molar-refractivity contribution in [3.63, 3.8) is 0 Å². The number of benzene rings is 1. The molecule has 1 amide bonds. The molecule has 1 aliphatic heterocycles. The molecule has 6 nitrogen and oxygen atoms in total. The lowest BCUT2D eigenvalue weighted by Crippen LogP contribution is -2.58. The maximum Gasteiger partial charge on any atom is 0.410 e. The van der Waals surface area contributed by atoms with Crippen molar-refractivity contribution < 1.29 is 13.9 Å². The van der Waals surface area contributed by atoms with Gasteiger partial charge in [0.1, 0.15) is 16.6 Å². The highest BCUT2D eigenvalue weighted by Crippen LogP contribution is 2.25. The van der Waals surface area contributed by atoms with Gasteiger partial charge in [-0.2, -0.15) is 0 Å². The molecule has 0 unspecified atom stereocenters. The van der Waals surface area contributed by atoms with Gasteiger partial charge in [0.15, 0.2) is 0 Å². The fourth-order valence-corrected chi connectivity index (χ4v) is 3.20. The summed E-state index contributed by atoms with van der Waals surface area (Å²) in [6.45, 7) is 8.84. The van der Waals surface area contributed by atoms with Gasteiger partial charge in [0.05, 0.1) is 11.7 Å². The molecule has 3 rings (SSSR count). The Bertz CT molecular complexity index is 874. The Morgan fingerprint density at radius 1 is 1.38 bits per heavy atom. The molecule has 156 valence electrons. The van der Waals surface area contributed by atoms with E-state index in [0.29, 0.717) is 30.5 Å². The summed E-state index contributed by atoms with van der Waals surface area (Å²) in [6.07, 6.45) is 1.35. The SMILES string of the molecule is Cc1cccc(F)c1NCc1cnc(Cl)cc1NC1CN(C(=O)OC(C)(C)C)C1. The minimum atomic E-state index is -0.516. The van der Waals surface area contributed by atoms with Gasteiger partial charge in [0.2, 0.25) is 0 Å². The normalized spacial score (nSPS) is 14.3. The first-order chi connectivity index (χ1) is 13.6. The number of halogens is 2. The Morgan fingerprint density at radius 3 is 2.76 bits per heavy atom. The van der Waals surface area contributed by atoms with Crippen molar-refractivity contribution in [2.24, 2.45) is 0 Å². The number of nitrogens with zero attached hydrogens (tertiary/aromatic N) is 2. The molecule has 1 aliphatic rings. The number of hydrogen-bond acceptors (Lipinski definition) is 5. The van der Waals surface area contributed by atoms with E-state index in [1.54, 1.807) is 23.2 Å². The van der Waals surface area contributed by atoms with Crippen LogP contribution >= 0.6 is 11.6 Å². The van der Waals surface area contributed by atoms with Crippen LogP contribution in [-0.4, -0.2) is 40.7 Å². The van der Waals surface area contributed by atoms with Crippen molar-refractivity contribution >= 4 is 29.1 Å². The lowest BCUT2D eigenvalue weighted by atomic mass is 10.1. The van der Waals surface area contributed by atoms with E-state index in [0.717, 1.165) is 16.8 Å². The first-order valence-corrected chi connectivity index (χ1v) is 9.88. The summed E-state index contributed by atoms with van der Waals surface area (Å²) >= 11 is 6.06. The molecule has 0 atom stereocenters. The first-order valence-electron chi connectivity index (χ1n) is 9.50. The average molecular weight is 421 g/mol. The van der Waals surface area contributed by atoms with Gasteiger partial charge >= 0.3 is 6.09 Å². The van der Waals surface area contributed by atoms with Crippen molar-refractivity contribution in [1.82, 2.24) is 9.88 Å². The Hall–Kier alpha value is -2.54. The highest BCUT2D eigenvalue weighted by Gasteiger charge is 2.34. The number of carbonyl (C=O) groups is 1. The standard InChI is InChI=1S/C21H26ClFN4O2/c1-13-6-5-7-16(23)19(13)25-10-14-9-24-18(22)8-17(14)26-15-11-27(12-15)20(28)29-21(2,3)4/h5-9,15,25H,10-12H2,1-4H3,(H,24,26). The molecule has 2 aromatic rings. The largest absolute Gasteiger partial charge is 0.444 e. The fraction of sp³-hybridized carbons (Fsp3) is 0.429. The Kier molecular flexibility index (Phi) is 6.17. The van der Waals surface area contributed by atoms with Gasteiger partial charge in [0, 0.05) is 37.1 Å². The molecule has 1 fully saturated rings. The summed E-state index contributed by atoms with van der Waals surface area (Å²) in [5.74, 6) is -0.298. The zero-order chi connectivity index (χ0) is 21.2. The fourth-order valence-electron chi connectivity index (χ4n) is 3.04. The highest BCUT2D eigenvalue weighted by atomic mass is 35.5. The minimum absolute atomic E-state index is 0.0786. The van der Waals surface area contributed by atoms with Crippen LogP contribution in [0.4, 0.5) is 20.6 Å². The van der Waals surface area contributed by atoms with Crippen LogP contribution in [0.25, 0.3) is 0 Å². The topological polar surface area (TPSA) is 66.5 Å². The van der Waals surface area contributed by atoms with E-state index < -0.39 is 5.60 Å². The molecule has 1 aromatic heterocycles. The highest BCUT2D eigenvalue weighted by molar-refractivity contribution is 6.29. The lowest BCUT2D eigenvalue weighted by Gasteiger charge is -2.40. The summed E-state index contributed by atoms with van der Waals surface area (Å²) in [4.78, 5) is 17.9. The Labute approximate surface area is 175 Å². The number of para-hydroxylation sites is 1. The molecular weight excluding hydrogens is 395 g/mol. The van der Waals surface area contributed by atoms with Crippen molar-refractivity contribution in [1.29, 1.82) is 0 Å². The summed E-state index contributed by atoms with van der Waals surface area (Å²) in [5, 5.41) is 6.89. The van der Waals surface area contributed by atoms with Gasteiger partial charge in [-0.25, -0.2) is 14.2 Å². The van der Waals surface area contributed by atoms with Crippen LogP contribution < -0.4 is 10.6 Å². The minimum Gasteiger partial charge on any atom is -0.444 e. The van der Waals surface area contributed by atoms with Gasteiger partial charge in [-0.15, -0.1) is 0 Å². The van der Waals surface area contributed by atoms with Crippen molar-refractivity contribution in [3.05, 3.63) is 52.6 Å². The van der Waals surface area contributed by atoms with Gasteiger partial charge in [-0.05, 0) is 45.4 Å². The van der Waals surface area contributed by atoms with Gasteiger partial charge in [-0.3, -0.25) is 0 Å². The molecule has 29 heavy (non-hydrogen) atoms. The zero-order valence-electron chi connectivity index (χ0n) is 17.1. The summed E-state index contributed by atoms with van der Waals surface area (Å²) < 4.78 is 19.4. The van der Waals surface area contributed by atoms with Crippen LogP contribution in [0.1, 0.15) is 31.9 Å². The molecule has 8 heteroatoms. The summed E-state index contributed by atoms with van der Waals surface area (Å²) in [5.41, 5.74) is 2.44. The van der Waals surface area contributed by atoms with E-state index >= 15 is 0 Å². The molecular formula is C21H26ClFN4O2. The van der Waals surface area contributed by atoms with E-state index in [2.05, 4.69) is 15.6 Å². The average Bonchev–Trinajstić information content (AvgIpc) is 2.57. The number of carbonyl (C=O) groups excluding carboxylic acids is 1. The number of amides is 1. The molecule has 1 aromatic carbocycles. The molecule has 2 heterocycles. The van der Waals surface area contributed by atoms with Crippen LogP contribution in [0, 0.1) is 12.7 Å². The predicted octanol–water partition coefficient (Wildman–Crippen LogP) is 4.83. The van der Waals surface area contributed by atoms with Gasteiger partial charge in [0.25, 0.3) is 0 Å². The zero-order valence-corrected chi connectivity index (χ0v) is 17.8. The third-order valence-corrected chi connectivity index (χ3v) is 4.73. The summed E-state index contributed by atoms with van der Waals surface area (Å²) in [7, 11) is 0. The van der Waals surface area contributed by atoms with Crippen molar-refractivity contribution in [3.8, 4) is 0 Å². The Balaban J connectivity index is 1.62. The maximum atomic E-state index is 14.1. The molecule has 0 aliphatic carbocycles. The summed E-state index contributed by atoms with van der Waals surface area (Å²) in [6, 6.07) is 6.77. The van der Waals surface area contributed by atoms with Gasteiger partial charge < -0.3 is 20.3 Å². The second-order valence-corrected chi connectivity index (χ2v) is 8.56. The number of aryl methyl sites for hydroxylation is 1. The smallest absolute Gasteiger partial charge is 0.410 e. The molecule has 0 saturated carbocycles. The monoisotopic (exact) mass is 420 g/mol. The third kappa shape index (κ3) is 5.50. The van der Waals surface area contributed by atoms with E-state index in [9.17, 15) is 9.18 Å². The van der Waals surface area contributed by atoms with Crippen LogP contribution in [0.2, 0.25) is 5.15 Å². The maximum absolute atomic E-state index is 14.1. The van der Waals surface area contributed by atoms with Crippen LogP contribution in [0.3, 0.4) is 0 Å². The van der Waals surface area contributed by atoms with E-state index in [-0.39, 0.29) is 18.0 Å². The Morgan fingerprint density at radius 2 is 2.10 bits per heavy atom. The number of nitrogens with one attached hydrogen (secondary N) is 2. The van der Waals surface area contributed by atoms with E-state index in [4.69, 9.17) is 16.3 Å². The molecule has 2 N–H and O–H groups in total. The lowest BCUT2D eigenvalue weighted by molar-refractivity contribution is 0.0105. The number of aromatic nitrogens is 1. The quantitative estimate of drug-likeness (QED) is 0.678. The second kappa shape index (κ2) is 8.45. The molecule has 1 saturated heterocycles. The number of hydrogen-bond donors (Lipinski definition) is 2.